The maximum absolute atomic E-state index is 11.5. The molecule has 2 rings (SSSR count). The fourth-order valence-corrected chi connectivity index (χ4v) is 3.52. The molecular formula is C12H13BrO3S. The fraction of sp³-hybridized carbons (Fsp3) is 0.417. The van der Waals surface area contributed by atoms with Crippen molar-refractivity contribution in [3.05, 3.63) is 28.7 Å². The topological polar surface area (TPSA) is 46.5 Å². The molecule has 0 bridgehead atoms. The highest BCUT2D eigenvalue weighted by molar-refractivity contribution is 9.10. The number of carboxylic acid groups (broad SMARTS) is 1. The SMILES string of the molecule is O=C(O)C1(Sc2ccccc2Br)CCOCC1. The van der Waals surface area contributed by atoms with Crippen molar-refractivity contribution < 1.29 is 14.6 Å². The summed E-state index contributed by atoms with van der Waals surface area (Å²) in [4.78, 5) is 12.5. The molecule has 17 heavy (non-hydrogen) atoms. The molecule has 0 radical (unpaired) electrons. The van der Waals surface area contributed by atoms with Gasteiger partial charge in [-0.3, -0.25) is 4.79 Å². The molecule has 1 saturated heterocycles. The molecule has 1 aromatic carbocycles. The minimum Gasteiger partial charge on any atom is -0.480 e. The van der Waals surface area contributed by atoms with Gasteiger partial charge in [0.1, 0.15) is 4.75 Å². The average molecular weight is 317 g/mol. The van der Waals surface area contributed by atoms with E-state index in [2.05, 4.69) is 15.9 Å². The lowest BCUT2D eigenvalue weighted by Gasteiger charge is -2.32. The van der Waals surface area contributed by atoms with Gasteiger partial charge in [-0.25, -0.2) is 0 Å². The normalized spacial score (nSPS) is 18.9. The van der Waals surface area contributed by atoms with Crippen molar-refractivity contribution in [3.63, 3.8) is 0 Å². The Morgan fingerprint density at radius 3 is 2.59 bits per heavy atom. The monoisotopic (exact) mass is 316 g/mol. The lowest BCUT2D eigenvalue weighted by atomic mass is 9.99. The lowest BCUT2D eigenvalue weighted by molar-refractivity contribution is -0.142. The molecule has 1 aliphatic heterocycles. The smallest absolute Gasteiger partial charge is 0.320 e. The molecule has 1 aliphatic rings. The number of halogens is 1. The zero-order valence-corrected chi connectivity index (χ0v) is 11.6. The number of carbonyl (C=O) groups is 1. The standard InChI is InChI=1S/C12H13BrO3S/c13-9-3-1-2-4-10(9)17-12(11(14)15)5-7-16-8-6-12/h1-4H,5-8H2,(H,14,15). The minimum absolute atomic E-state index is 0.518. The Balaban J connectivity index is 2.24. The van der Waals surface area contributed by atoms with Gasteiger partial charge in [0.2, 0.25) is 0 Å². The molecule has 0 atom stereocenters. The van der Waals surface area contributed by atoms with Crippen LogP contribution in [0.2, 0.25) is 0 Å². The zero-order valence-electron chi connectivity index (χ0n) is 9.19. The predicted octanol–water partition coefficient (Wildman–Crippen LogP) is 3.18. The Hall–Kier alpha value is -0.520. The summed E-state index contributed by atoms with van der Waals surface area (Å²) < 4.78 is 5.45. The van der Waals surface area contributed by atoms with Crippen molar-refractivity contribution in [2.24, 2.45) is 0 Å². The van der Waals surface area contributed by atoms with E-state index in [0.717, 1.165) is 9.37 Å². The number of hydrogen-bond donors (Lipinski definition) is 1. The minimum atomic E-state index is -0.749. The Labute approximate surface area is 113 Å². The molecule has 0 spiro atoms. The Morgan fingerprint density at radius 2 is 2.00 bits per heavy atom. The van der Waals surface area contributed by atoms with E-state index in [0.29, 0.717) is 26.1 Å². The van der Waals surface area contributed by atoms with Crippen LogP contribution in [0.3, 0.4) is 0 Å². The van der Waals surface area contributed by atoms with Crippen LogP contribution < -0.4 is 0 Å². The Morgan fingerprint density at radius 1 is 1.35 bits per heavy atom. The maximum Gasteiger partial charge on any atom is 0.320 e. The van der Waals surface area contributed by atoms with Gasteiger partial charge in [-0.1, -0.05) is 12.1 Å². The van der Waals surface area contributed by atoms with Crippen molar-refractivity contribution >= 4 is 33.7 Å². The second kappa shape index (κ2) is 5.42. The van der Waals surface area contributed by atoms with Crippen molar-refractivity contribution in [2.75, 3.05) is 13.2 Å². The van der Waals surface area contributed by atoms with Gasteiger partial charge in [-0.2, -0.15) is 0 Å². The summed E-state index contributed by atoms with van der Waals surface area (Å²) in [5.74, 6) is -0.749. The third-order valence-electron chi connectivity index (χ3n) is 2.83. The summed E-state index contributed by atoms with van der Waals surface area (Å²) in [7, 11) is 0. The number of aliphatic carboxylic acids is 1. The maximum atomic E-state index is 11.5. The number of carboxylic acids is 1. The van der Waals surface area contributed by atoms with Gasteiger partial charge in [0.05, 0.1) is 0 Å². The van der Waals surface area contributed by atoms with E-state index in [-0.39, 0.29) is 0 Å². The van der Waals surface area contributed by atoms with Crippen LogP contribution in [0.5, 0.6) is 0 Å². The van der Waals surface area contributed by atoms with Crippen LogP contribution in [0.15, 0.2) is 33.6 Å². The van der Waals surface area contributed by atoms with Crippen LogP contribution in [-0.2, 0) is 9.53 Å². The highest BCUT2D eigenvalue weighted by Crippen LogP contribution is 2.43. The summed E-state index contributed by atoms with van der Waals surface area (Å²) in [5.41, 5.74) is 0. The van der Waals surface area contributed by atoms with Gasteiger partial charge in [-0.15, -0.1) is 11.8 Å². The molecule has 0 aromatic heterocycles. The van der Waals surface area contributed by atoms with Gasteiger partial charge < -0.3 is 9.84 Å². The highest BCUT2D eigenvalue weighted by Gasteiger charge is 2.41. The zero-order chi connectivity index (χ0) is 12.3. The first-order valence-electron chi connectivity index (χ1n) is 5.39. The summed E-state index contributed by atoms with van der Waals surface area (Å²) in [6.45, 7) is 1.04. The summed E-state index contributed by atoms with van der Waals surface area (Å²) >= 11 is 4.87. The Bertz CT molecular complexity index is 416. The third-order valence-corrected chi connectivity index (χ3v) is 5.34. The van der Waals surface area contributed by atoms with Crippen LogP contribution in [-0.4, -0.2) is 29.0 Å². The van der Waals surface area contributed by atoms with Crippen LogP contribution in [0.25, 0.3) is 0 Å². The van der Waals surface area contributed by atoms with Gasteiger partial charge in [0, 0.05) is 22.6 Å². The molecule has 92 valence electrons. The number of hydrogen-bond acceptors (Lipinski definition) is 3. The first-order valence-corrected chi connectivity index (χ1v) is 7.00. The molecular weight excluding hydrogens is 304 g/mol. The highest BCUT2D eigenvalue weighted by atomic mass is 79.9. The molecule has 3 nitrogen and oxygen atoms in total. The quantitative estimate of drug-likeness (QED) is 0.930. The third kappa shape index (κ3) is 2.84. The van der Waals surface area contributed by atoms with E-state index in [4.69, 9.17) is 4.74 Å². The second-order valence-corrected chi connectivity index (χ2v) is 6.22. The van der Waals surface area contributed by atoms with Crippen LogP contribution in [0, 0.1) is 0 Å². The molecule has 5 heteroatoms. The molecule has 1 heterocycles. The van der Waals surface area contributed by atoms with E-state index in [1.807, 2.05) is 24.3 Å². The van der Waals surface area contributed by atoms with Crippen LogP contribution in [0.4, 0.5) is 0 Å². The van der Waals surface area contributed by atoms with E-state index in [9.17, 15) is 9.90 Å². The summed E-state index contributed by atoms with van der Waals surface area (Å²) in [5, 5.41) is 9.45. The number of ether oxygens (including phenoxy) is 1. The molecule has 0 amide bonds. The van der Waals surface area contributed by atoms with Gasteiger partial charge >= 0.3 is 5.97 Å². The van der Waals surface area contributed by atoms with E-state index in [1.54, 1.807) is 0 Å². The summed E-state index contributed by atoms with van der Waals surface area (Å²) in [6.07, 6.45) is 1.10. The van der Waals surface area contributed by atoms with Gasteiger partial charge in [-0.05, 0) is 40.9 Å². The van der Waals surface area contributed by atoms with E-state index >= 15 is 0 Å². The predicted molar refractivity (Wildman–Crippen MR) is 70.4 cm³/mol. The average Bonchev–Trinajstić information content (AvgIpc) is 2.33. The van der Waals surface area contributed by atoms with Gasteiger partial charge in [0.15, 0.2) is 0 Å². The fourth-order valence-electron chi connectivity index (χ4n) is 1.80. The van der Waals surface area contributed by atoms with Crippen molar-refractivity contribution in [1.82, 2.24) is 0 Å². The number of rotatable bonds is 3. The van der Waals surface area contributed by atoms with Crippen molar-refractivity contribution in [3.8, 4) is 0 Å². The second-order valence-electron chi connectivity index (χ2n) is 3.94. The molecule has 1 N–H and O–H groups in total. The van der Waals surface area contributed by atoms with Crippen molar-refractivity contribution in [1.29, 1.82) is 0 Å². The molecule has 1 fully saturated rings. The molecule has 1 aromatic rings. The first-order chi connectivity index (χ1) is 8.14. The van der Waals surface area contributed by atoms with Crippen molar-refractivity contribution in [2.45, 2.75) is 22.5 Å². The lowest BCUT2D eigenvalue weighted by Crippen LogP contribution is -2.40. The van der Waals surface area contributed by atoms with E-state index in [1.165, 1.54) is 11.8 Å². The van der Waals surface area contributed by atoms with Crippen LogP contribution >= 0.6 is 27.7 Å². The van der Waals surface area contributed by atoms with Gasteiger partial charge in [0.25, 0.3) is 0 Å². The number of benzene rings is 1. The van der Waals surface area contributed by atoms with E-state index < -0.39 is 10.7 Å². The summed E-state index contributed by atoms with van der Waals surface area (Å²) in [6, 6.07) is 7.71. The molecule has 0 saturated carbocycles. The molecule has 0 unspecified atom stereocenters. The number of thioether (sulfide) groups is 1. The first kappa shape index (κ1) is 12.9. The van der Waals surface area contributed by atoms with Crippen LogP contribution in [0.1, 0.15) is 12.8 Å². The Kier molecular flexibility index (Phi) is 4.12. The largest absolute Gasteiger partial charge is 0.480 e. The molecule has 0 aliphatic carbocycles.